The van der Waals surface area contributed by atoms with Gasteiger partial charge in [0.15, 0.2) is 0 Å². The highest BCUT2D eigenvalue weighted by Gasteiger charge is 2.21. The van der Waals surface area contributed by atoms with Gasteiger partial charge in [0.25, 0.3) is 5.91 Å². The minimum absolute atomic E-state index is 0.0195. The number of rotatable bonds is 4. The van der Waals surface area contributed by atoms with E-state index in [-0.39, 0.29) is 18.4 Å². The van der Waals surface area contributed by atoms with Gasteiger partial charge in [-0.25, -0.2) is 0 Å². The van der Waals surface area contributed by atoms with Crippen LogP contribution < -0.4 is 5.32 Å². The maximum atomic E-state index is 12.3. The van der Waals surface area contributed by atoms with Gasteiger partial charge in [0.05, 0.1) is 5.92 Å². The molecule has 0 aromatic heterocycles. The number of nitrogens with zero attached hydrogens (tertiary/aromatic N) is 1. The topological polar surface area (TPSA) is 86.7 Å². The fraction of sp³-hybridized carbons (Fsp3) is 0.400. The number of aryl methyl sites for hydroxylation is 1. The van der Waals surface area contributed by atoms with Crippen molar-refractivity contribution in [2.24, 2.45) is 5.92 Å². The predicted octanol–water partition coefficient (Wildman–Crippen LogP) is 1.36. The normalized spacial score (nSPS) is 14.9. The van der Waals surface area contributed by atoms with Gasteiger partial charge < -0.3 is 15.3 Å². The second-order valence-electron chi connectivity index (χ2n) is 5.35. The van der Waals surface area contributed by atoms with Crippen molar-refractivity contribution < 1.29 is 19.5 Å². The van der Waals surface area contributed by atoms with Gasteiger partial charge >= 0.3 is 5.97 Å². The summed E-state index contributed by atoms with van der Waals surface area (Å²) < 4.78 is 0. The molecule has 21 heavy (non-hydrogen) atoms. The van der Waals surface area contributed by atoms with Crippen molar-refractivity contribution >= 4 is 23.5 Å². The Kier molecular flexibility index (Phi) is 4.26. The number of nitrogens with one attached hydrogen (secondary N) is 1. The second-order valence-corrected chi connectivity index (χ2v) is 5.35. The molecule has 1 aromatic carbocycles. The molecule has 2 rings (SSSR count). The number of hydrogen-bond donors (Lipinski definition) is 2. The van der Waals surface area contributed by atoms with Gasteiger partial charge in [-0.2, -0.15) is 0 Å². The zero-order chi connectivity index (χ0) is 15.6. The Balaban J connectivity index is 2.13. The van der Waals surface area contributed by atoms with Crippen LogP contribution >= 0.6 is 0 Å². The van der Waals surface area contributed by atoms with Crippen LogP contribution in [0.2, 0.25) is 0 Å². The van der Waals surface area contributed by atoms with Crippen LogP contribution in [0.4, 0.5) is 5.69 Å². The van der Waals surface area contributed by atoms with E-state index in [1.165, 1.54) is 4.90 Å². The lowest BCUT2D eigenvalue weighted by atomic mass is 10.00. The molecule has 1 aromatic rings. The van der Waals surface area contributed by atoms with Crippen molar-refractivity contribution in [2.45, 2.75) is 19.8 Å². The number of anilines is 1. The first-order valence-corrected chi connectivity index (χ1v) is 6.79. The van der Waals surface area contributed by atoms with Gasteiger partial charge in [0, 0.05) is 31.3 Å². The number of amides is 2. The van der Waals surface area contributed by atoms with Crippen LogP contribution in [0, 0.1) is 5.92 Å². The molecule has 1 aliphatic rings. The summed E-state index contributed by atoms with van der Waals surface area (Å²) in [6, 6.07) is 5.13. The van der Waals surface area contributed by atoms with Crippen LogP contribution in [0.1, 0.15) is 29.3 Å². The minimum atomic E-state index is -0.928. The third-order valence-corrected chi connectivity index (χ3v) is 3.56. The van der Waals surface area contributed by atoms with Gasteiger partial charge in [-0.3, -0.25) is 14.4 Å². The van der Waals surface area contributed by atoms with E-state index in [2.05, 4.69) is 5.32 Å². The molecule has 0 saturated carbocycles. The lowest BCUT2D eigenvalue weighted by Gasteiger charge is -2.21. The molecule has 6 heteroatoms. The van der Waals surface area contributed by atoms with Crippen molar-refractivity contribution in [1.29, 1.82) is 0 Å². The first kappa shape index (κ1) is 15.0. The molecular formula is C15H18N2O4. The molecule has 1 atom stereocenters. The predicted molar refractivity (Wildman–Crippen MR) is 77.2 cm³/mol. The molecule has 0 fully saturated rings. The van der Waals surface area contributed by atoms with Gasteiger partial charge in [-0.05, 0) is 30.2 Å². The summed E-state index contributed by atoms with van der Waals surface area (Å²) in [6.45, 7) is 1.72. The zero-order valence-corrected chi connectivity index (χ0v) is 12.0. The Morgan fingerprint density at radius 1 is 1.38 bits per heavy atom. The number of carbonyl (C=O) groups excluding carboxylic acids is 2. The summed E-state index contributed by atoms with van der Waals surface area (Å²) in [5.41, 5.74) is 2.18. The van der Waals surface area contributed by atoms with Crippen molar-refractivity contribution in [1.82, 2.24) is 4.90 Å². The summed E-state index contributed by atoms with van der Waals surface area (Å²) >= 11 is 0. The number of carbonyl (C=O) groups is 3. The fourth-order valence-electron chi connectivity index (χ4n) is 2.31. The Hall–Kier alpha value is -2.37. The molecule has 0 bridgehead atoms. The van der Waals surface area contributed by atoms with E-state index in [0.717, 1.165) is 11.3 Å². The standard InChI is InChI=1S/C15H18N2O4/c1-9(15(20)21)8-17(2)14(19)11-3-5-12-10(7-11)4-6-13(18)16-12/h3,5,7,9H,4,6,8H2,1-2H3,(H,16,18)(H,20,21)/t9-/m1/s1. The summed E-state index contributed by atoms with van der Waals surface area (Å²) in [5, 5.41) is 11.6. The third-order valence-electron chi connectivity index (χ3n) is 3.56. The van der Waals surface area contributed by atoms with Crippen LogP contribution in [0.15, 0.2) is 18.2 Å². The number of benzene rings is 1. The van der Waals surface area contributed by atoms with Crippen molar-refractivity contribution in [3.8, 4) is 0 Å². The highest BCUT2D eigenvalue weighted by Crippen LogP contribution is 2.24. The Labute approximate surface area is 122 Å². The molecule has 2 N–H and O–H groups in total. The molecule has 2 amide bonds. The lowest BCUT2D eigenvalue weighted by Crippen LogP contribution is -2.33. The molecule has 0 aliphatic carbocycles. The maximum absolute atomic E-state index is 12.3. The number of hydrogen-bond acceptors (Lipinski definition) is 3. The quantitative estimate of drug-likeness (QED) is 0.876. The third kappa shape index (κ3) is 3.39. The average Bonchev–Trinajstić information content (AvgIpc) is 2.45. The number of carboxylic acid groups (broad SMARTS) is 1. The number of fused-ring (bicyclic) bond motifs is 1. The van der Waals surface area contributed by atoms with E-state index in [0.29, 0.717) is 18.4 Å². The van der Waals surface area contributed by atoms with E-state index in [1.54, 1.807) is 32.2 Å². The van der Waals surface area contributed by atoms with Crippen LogP contribution in [0.5, 0.6) is 0 Å². The van der Waals surface area contributed by atoms with Crippen molar-refractivity contribution in [2.75, 3.05) is 18.9 Å². The number of carboxylic acids is 1. The summed E-state index contributed by atoms with van der Waals surface area (Å²) in [6.07, 6.45) is 1.02. The summed E-state index contributed by atoms with van der Waals surface area (Å²) in [5.74, 6) is -1.78. The van der Waals surface area contributed by atoms with Crippen LogP contribution in [-0.2, 0) is 16.0 Å². The molecule has 1 aliphatic heterocycles. The summed E-state index contributed by atoms with van der Waals surface area (Å²) in [4.78, 5) is 35.8. The molecule has 112 valence electrons. The number of aliphatic carboxylic acids is 1. The molecule has 1 heterocycles. The SMILES string of the molecule is C[C@H](CN(C)C(=O)c1ccc2c(c1)CCC(=O)N2)C(=O)O. The molecule has 0 spiro atoms. The fourth-order valence-corrected chi connectivity index (χ4v) is 2.31. The average molecular weight is 290 g/mol. The highest BCUT2D eigenvalue weighted by molar-refractivity contribution is 5.98. The molecule has 6 nitrogen and oxygen atoms in total. The van der Waals surface area contributed by atoms with E-state index in [9.17, 15) is 14.4 Å². The van der Waals surface area contributed by atoms with E-state index in [1.807, 2.05) is 0 Å². The summed E-state index contributed by atoms with van der Waals surface area (Å²) in [7, 11) is 1.59. The van der Waals surface area contributed by atoms with Crippen LogP contribution in [0.3, 0.4) is 0 Å². The minimum Gasteiger partial charge on any atom is -0.481 e. The van der Waals surface area contributed by atoms with Crippen LogP contribution in [-0.4, -0.2) is 41.4 Å². The Morgan fingerprint density at radius 3 is 2.76 bits per heavy atom. The van der Waals surface area contributed by atoms with E-state index in [4.69, 9.17) is 5.11 Å². The van der Waals surface area contributed by atoms with Crippen molar-refractivity contribution in [3.63, 3.8) is 0 Å². The molecule has 0 unspecified atom stereocenters. The Bertz CT molecular complexity index is 597. The van der Waals surface area contributed by atoms with E-state index >= 15 is 0 Å². The largest absolute Gasteiger partial charge is 0.481 e. The monoisotopic (exact) mass is 290 g/mol. The smallest absolute Gasteiger partial charge is 0.308 e. The van der Waals surface area contributed by atoms with Gasteiger partial charge in [0.2, 0.25) is 5.91 Å². The first-order valence-electron chi connectivity index (χ1n) is 6.79. The molecule has 0 radical (unpaired) electrons. The van der Waals surface area contributed by atoms with Crippen molar-refractivity contribution in [3.05, 3.63) is 29.3 Å². The van der Waals surface area contributed by atoms with Crippen LogP contribution in [0.25, 0.3) is 0 Å². The Morgan fingerprint density at radius 2 is 2.10 bits per heavy atom. The second kappa shape index (κ2) is 5.95. The van der Waals surface area contributed by atoms with E-state index < -0.39 is 11.9 Å². The first-order chi connectivity index (χ1) is 9.88. The molecule has 0 saturated heterocycles. The van der Waals surface area contributed by atoms with Gasteiger partial charge in [-0.15, -0.1) is 0 Å². The maximum Gasteiger partial charge on any atom is 0.308 e. The lowest BCUT2D eigenvalue weighted by molar-refractivity contribution is -0.141. The van der Waals surface area contributed by atoms with Gasteiger partial charge in [-0.1, -0.05) is 6.92 Å². The van der Waals surface area contributed by atoms with Gasteiger partial charge in [0.1, 0.15) is 0 Å². The zero-order valence-electron chi connectivity index (χ0n) is 12.0. The highest BCUT2D eigenvalue weighted by atomic mass is 16.4. The molecular weight excluding hydrogens is 272 g/mol.